The van der Waals surface area contributed by atoms with Gasteiger partial charge in [0.25, 0.3) is 0 Å². The third-order valence-corrected chi connectivity index (χ3v) is 3.23. The Balaban J connectivity index is 2.02. The van der Waals surface area contributed by atoms with Crippen LogP contribution in [0.1, 0.15) is 5.56 Å². The number of hydrogen-bond acceptors (Lipinski definition) is 2. The Bertz CT molecular complexity index is 442. The molecule has 2 nitrogen and oxygen atoms in total. The monoisotopic (exact) mass is 285 g/mol. The second-order valence-corrected chi connectivity index (χ2v) is 4.38. The minimum atomic E-state index is 0.701. The van der Waals surface area contributed by atoms with Crippen LogP contribution in [0.25, 0.3) is 0 Å². The van der Waals surface area contributed by atoms with Crippen LogP contribution in [-0.4, -0.2) is 0 Å². The second-order valence-electron chi connectivity index (χ2n) is 3.11. The van der Waals surface area contributed by atoms with Crippen LogP contribution in [-0.2, 0) is 6.54 Å². The molecule has 0 radical (unpaired) electrons. The molecule has 0 amide bonds. The van der Waals surface area contributed by atoms with Gasteiger partial charge in [-0.25, -0.2) is 0 Å². The van der Waals surface area contributed by atoms with E-state index < -0.39 is 0 Å². The summed E-state index contributed by atoms with van der Waals surface area (Å²) in [7, 11) is 0. The molecule has 0 fully saturated rings. The minimum absolute atomic E-state index is 0.701. The largest absolute Gasteiger partial charge is 0.472 e. The Kier molecular flexibility index (Phi) is 3.34. The summed E-state index contributed by atoms with van der Waals surface area (Å²) < 4.78 is 5.87. The molecule has 0 unspecified atom stereocenters. The number of anilines is 1. The Labute approximate surface area is 101 Å². The van der Waals surface area contributed by atoms with E-state index in [2.05, 4.69) is 21.2 Å². The van der Waals surface area contributed by atoms with Crippen molar-refractivity contribution in [2.24, 2.45) is 0 Å². The van der Waals surface area contributed by atoms with Crippen LogP contribution in [0.5, 0.6) is 0 Å². The van der Waals surface area contributed by atoms with Crippen molar-refractivity contribution in [2.45, 2.75) is 6.54 Å². The molecule has 0 aliphatic carbocycles. The van der Waals surface area contributed by atoms with Gasteiger partial charge in [-0.15, -0.1) is 0 Å². The van der Waals surface area contributed by atoms with E-state index in [4.69, 9.17) is 16.0 Å². The zero-order valence-electron chi connectivity index (χ0n) is 7.84. The zero-order chi connectivity index (χ0) is 10.7. The number of furan rings is 1. The smallest absolute Gasteiger partial charge is 0.0952 e. The molecule has 2 rings (SSSR count). The summed E-state index contributed by atoms with van der Waals surface area (Å²) >= 11 is 9.31. The molecule has 1 aromatic heterocycles. The highest BCUT2D eigenvalue weighted by Gasteiger charge is 1.99. The molecule has 0 spiro atoms. The molecule has 0 atom stereocenters. The van der Waals surface area contributed by atoms with Crippen molar-refractivity contribution in [1.82, 2.24) is 0 Å². The van der Waals surface area contributed by atoms with Gasteiger partial charge >= 0.3 is 0 Å². The summed E-state index contributed by atoms with van der Waals surface area (Å²) in [6.07, 6.45) is 3.37. The molecule has 78 valence electrons. The van der Waals surface area contributed by atoms with Gasteiger partial charge in [0.15, 0.2) is 0 Å². The maximum Gasteiger partial charge on any atom is 0.0952 e. The molecule has 1 N–H and O–H groups in total. The molecule has 0 aliphatic heterocycles. The third-order valence-electron chi connectivity index (χ3n) is 2.00. The highest BCUT2D eigenvalue weighted by atomic mass is 79.9. The van der Waals surface area contributed by atoms with Gasteiger partial charge in [0.2, 0.25) is 0 Å². The molecule has 1 aromatic carbocycles. The van der Waals surface area contributed by atoms with Crippen molar-refractivity contribution >= 4 is 33.2 Å². The Morgan fingerprint density at radius 2 is 2.20 bits per heavy atom. The lowest BCUT2D eigenvalue weighted by Gasteiger charge is -2.05. The fourth-order valence-electron chi connectivity index (χ4n) is 1.20. The number of benzene rings is 1. The van der Waals surface area contributed by atoms with Crippen LogP contribution >= 0.6 is 27.5 Å². The summed E-state index contributed by atoms with van der Waals surface area (Å²) in [6.45, 7) is 0.731. The number of rotatable bonds is 3. The van der Waals surface area contributed by atoms with Crippen molar-refractivity contribution in [3.63, 3.8) is 0 Å². The van der Waals surface area contributed by atoms with Crippen LogP contribution in [0.15, 0.2) is 45.7 Å². The van der Waals surface area contributed by atoms with Crippen molar-refractivity contribution in [3.05, 3.63) is 51.9 Å². The Hall–Kier alpha value is -0.930. The van der Waals surface area contributed by atoms with Crippen LogP contribution in [0.2, 0.25) is 5.02 Å². The van der Waals surface area contributed by atoms with Crippen molar-refractivity contribution < 1.29 is 4.42 Å². The van der Waals surface area contributed by atoms with Crippen LogP contribution in [0, 0.1) is 0 Å². The fraction of sp³-hybridized carbons (Fsp3) is 0.0909. The molecule has 4 heteroatoms. The molecular formula is C11H9BrClNO. The average molecular weight is 287 g/mol. The predicted octanol–water partition coefficient (Wildman–Crippen LogP) is 4.31. The first-order valence-electron chi connectivity index (χ1n) is 4.46. The Morgan fingerprint density at radius 1 is 1.33 bits per heavy atom. The van der Waals surface area contributed by atoms with Gasteiger partial charge < -0.3 is 9.73 Å². The first-order chi connectivity index (χ1) is 7.25. The van der Waals surface area contributed by atoms with E-state index >= 15 is 0 Å². The van der Waals surface area contributed by atoms with Gasteiger partial charge in [-0.2, -0.15) is 0 Å². The maximum absolute atomic E-state index is 5.97. The average Bonchev–Trinajstić information content (AvgIpc) is 2.73. The molecule has 0 saturated carbocycles. The highest BCUT2D eigenvalue weighted by Crippen LogP contribution is 2.25. The molecule has 15 heavy (non-hydrogen) atoms. The maximum atomic E-state index is 5.97. The number of nitrogens with one attached hydrogen (secondary N) is 1. The quantitative estimate of drug-likeness (QED) is 0.909. The fourth-order valence-corrected chi connectivity index (χ4v) is 1.63. The molecule has 2 aromatic rings. The normalized spacial score (nSPS) is 10.3. The molecule has 1 heterocycles. The first kappa shape index (κ1) is 10.6. The van der Waals surface area contributed by atoms with E-state index in [1.165, 1.54) is 0 Å². The molecule has 0 aliphatic rings. The molecular weight excluding hydrogens is 277 g/mol. The van der Waals surface area contributed by atoms with E-state index in [0.29, 0.717) is 5.02 Å². The summed E-state index contributed by atoms with van der Waals surface area (Å²) in [4.78, 5) is 0. The van der Waals surface area contributed by atoms with Crippen LogP contribution < -0.4 is 5.32 Å². The molecule has 0 bridgehead atoms. The lowest BCUT2D eigenvalue weighted by Crippen LogP contribution is -1.97. The predicted molar refractivity (Wildman–Crippen MR) is 65.2 cm³/mol. The topological polar surface area (TPSA) is 25.2 Å². The van der Waals surface area contributed by atoms with Gasteiger partial charge in [0, 0.05) is 22.3 Å². The van der Waals surface area contributed by atoms with Gasteiger partial charge in [-0.1, -0.05) is 11.6 Å². The highest BCUT2D eigenvalue weighted by molar-refractivity contribution is 9.10. The standard InChI is InChI=1S/C11H9BrClNO/c12-10-2-1-9(5-11(10)13)14-6-8-3-4-15-7-8/h1-5,7,14H,6H2. The number of hydrogen-bond donors (Lipinski definition) is 1. The lowest BCUT2D eigenvalue weighted by atomic mass is 10.3. The summed E-state index contributed by atoms with van der Waals surface area (Å²) in [5, 5.41) is 3.95. The summed E-state index contributed by atoms with van der Waals surface area (Å²) in [6, 6.07) is 7.69. The Morgan fingerprint density at radius 3 is 2.87 bits per heavy atom. The minimum Gasteiger partial charge on any atom is -0.472 e. The lowest BCUT2D eigenvalue weighted by molar-refractivity contribution is 0.564. The van der Waals surface area contributed by atoms with Gasteiger partial charge in [-0.3, -0.25) is 0 Å². The van der Waals surface area contributed by atoms with E-state index in [1.807, 2.05) is 24.3 Å². The third kappa shape index (κ3) is 2.76. The second kappa shape index (κ2) is 4.73. The van der Waals surface area contributed by atoms with Gasteiger partial charge in [0.1, 0.15) is 0 Å². The summed E-state index contributed by atoms with van der Waals surface area (Å²) in [5.74, 6) is 0. The van der Waals surface area contributed by atoms with Gasteiger partial charge in [0.05, 0.1) is 17.5 Å². The van der Waals surface area contributed by atoms with Gasteiger partial charge in [-0.05, 0) is 40.2 Å². The first-order valence-corrected chi connectivity index (χ1v) is 5.63. The van der Waals surface area contributed by atoms with E-state index in [0.717, 1.165) is 22.3 Å². The van der Waals surface area contributed by atoms with Crippen molar-refractivity contribution in [2.75, 3.05) is 5.32 Å². The van der Waals surface area contributed by atoms with Crippen LogP contribution in [0.3, 0.4) is 0 Å². The molecule has 0 saturated heterocycles. The van der Waals surface area contributed by atoms with E-state index in [1.54, 1.807) is 12.5 Å². The van der Waals surface area contributed by atoms with E-state index in [-0.39, 0.29) is 0 Å². The SMILES string of the molecule is Clc1cc(NCc2ccoc2)ccc1Br. The van der Waals surface area contributed by atoms with Crippen LogP contribution in [0.4, 0.5) is 5.69 Å². The van der Waals surface area contributed by atoms with Crippen molar-refractivity contribution in [3.8, 4) is 0 Å². The number of halogens is 2. The van der Waals surface area contributed by atoms with Crippen molar-refractivity contribution in [1.29, 1.82) is 0 Å². The summed E-state index contributed by atoms with van der Waals surface area (Å²) in [5.41, 5.74) is 2.10. The van der Waals surface area contributed by atoms with E-state index in [9.17, 15) is 0 Å². The zero-order valence-corrected chi connectivity index (χ0v) is 10.2.